The van der Waals surface area contributed by atoms with E-state index >= 15 is 0 Å². The SMILES string of the molecule is CCCC(CNC(=O)OCC1c2ccccc2-c2ccccc21)C(=O)N[C@H](C(=O)O)C(C)CC. The molecule has 0 fully saturated rings. The van der Waals surface area contributed by atoms with Gasteiger partial charge < -0.3 is 20.5 Å². The second kappa shape index (κ2) is 11.7. The Balaban J connectivity index is 1.58. The maximum Gasteiger partial charge on any atom is 0.407 e. The first-order valence-electron chi connectivity index (χ1n) is 12.0. The minimum Gasteiger partial charge on any atom is -0.480 e. The summed E-state index contributed by atoms with van der Waals surface area (Å²) < 4.78 is 5.55. The number of carboxylic acids is 1. The van der Waals surface area contributed by atoms with Crippen LogP contribution < -0.4 is 10.6 Å². The quantitative estimate of drug-likeness (QED) is 0.450. The number of benzene rings is 2. The number of alkyl carbamates (subject to hydrolysis) is 1. The third-order valence-corrected chi connectivity index (χ3v) is 6.62. The monoisotopic (exact) mass is 466 g/mol. The minimum absolute atomic E-state index is 0.0419. The van der Waals surface area contributed by atoms with Gasteiger partial charge in [-0.15, -0.1) is 0 Å². The van der Waals surface area contributed by atoms with Gasteiger partial charge in [-0.05, 0) is 34.6 Å². The predicted molar refractivity (Wildman–Crippen MR) is 130 cm³/mol. The van der Waals surface area contributed by atoms with Crippen molar-refractivity contribution in [3.05, 3.63) is 59.7 Å². The molecule has 7 nitrogen and oxygen atoms in total. The fourth-order valence-electron chi connectivity index (χ4n) is 4.48. The number of fused-ring (bicyclic) bond motifs is 3. The number of amides is 2. The molecule has 182 valence electrons. The van der Waals surface area contributed by atoms with E-state index in [0.717, 1.165) is 28.7 Å². The summed E-state index contributed by atoms with van der Waals surface area (Å²) in [6.45, 7) is 5.90. The van der Waals surface area contributed by atoms with Gasteiger partial charge >= 0.3 is 12.1 Å². The molecule has 0 aliphatic heterocycles. The molecule has 0 spiro atoms. The zero-order chi connectivity index (χ0) is 24.7. The normalized spacial score (nSPS) is 14.9. The molecule has 0 aromatic heterocycles. The van der Waals surface area contributed by atoms with Crippen LogP contribution >= 0.6 is 0 Å². The molecule has 3 rings (SSSR count). The topological polar surface area (TPSA) is 105 Å². The summed E-state index contributed by atoms with van der Waals surface area (Å²) in [6.07, 6.45) is 1.30. The van der Waals surface area contributed by atoms with Crippen molar-refractivity contribution >= 4 is 18.0 Å². The molecule has 0 saturated carbocycles. The number of nitrogens with one attached hydrogen (secondary N) is 2. The van der Waals surface area contributed by atoms with Gasteiger partial charge in [-0.3, -0.25) is 4.79 Å². The molecule has 2 amide bonds. The van der Waals surface area contributed by atoms with Crippen LogP contribution in [0, 0.1) is 11.8 Å². The van der Waals surface area contributed by atoms with Gasteiger partial charge in [0.1, 0.15) is 12.6 Å². The van der Waals surface area contributed by atoms with Crippen molar-refractivity contribution in [2.24, 2.45) is 11.8 Å². The number of hydrogen-bond acceptors (Lipinski definition) is 4. The highest BCUT2D eigenvalue weighted by molar-refractivity contribution is 5.85. The molecule has 2 aromatic rings. The molecule has 3 atom stereocenters. The zero-order valence-electron chi connectivity index (χ0n) is 20.0. The fraction of sp³-hybridized carbons (Fsp3) is 0.444. The molecule has 1 aliphatic carbocycles. The van der Waals surface area contributed by atoms with Crippen molar-refractivity contribution < 1.29 is 24.2 Å². The van der Waals surface area contributed by atoms with E-state index in [1.807, 2.05) is 38.1 Å². The van der Waals surface area contributed by atoms with E-state index in [-0.39, 0.29) is 30.9 Å². The van der Waals surface area contributed by atoms with Crippen molar-refractivity contribution in [2.75, 3.05) is 13.2 Å². The first-order chi connectivity index (χ1) is 16.4. The molecular weight excluding hydrogens is 432 g/mol. The lowest BCUT2D eigenvalue weighted by Gasteiger charge is -2.24. The Morgan fingerprint density at radius 2 is 1.59 bits per heavy atom. The summed E-state index contributed by atoms with van der Waals surface area (Å²) in [4.78, 5) is 36.8. The van der Waals surface area contributed by atoms with Gasteiger partial charge in [0.05, 0.1) is 5.92 Å². The Morgan fingerprint density at radius 3 is 2.12 bits per heavy atom. The van der Waals surface area contributed by atoms with E-state index in [0.29, 0.717) is 12.8 Å². The number of carbonyl (C=O) groups is 3. The number of hydrogen-bond donors (Lipinski definition) is 3. The van der Waals surface area contributed by atoms with Crippen molar-refractivity contribution in [3.8, 4) is 11.1 Å². The van der Waals surface area contributed by atoms with Crippen LogP contribution in [0.1, 0.15) is 57.1 Å². The predicted octanol–water partition coefficient (Wildman–Crippen LogP) is 4.56. The number of carboxylic acid groups (broad SMARTS) is 1. The van der Waals surface area contributed by atoms with Gasteiger partial charge in [-0.1, -0.05) is 82.1 Å². The van der Waals surface area contributed by atoms with Crippen LogP contribution in [0.15, 0.2) is 48.5 Å². The van der Waals surface area contributed by atoms with Gasteiger partial charge in [-0.2, -0.15) is 0 Å². The van der Waals surface area contributed by atoms with E-state index in [1.165, 1.54) is 0 Å². The van der Waals surface area contributed by atoms with Crippen molar-refractivity contribution in [1.29, 1.82) is 0 Å². The van der Waals surface area contributed by atoms with E-state index in [1.54, 1.807) is 6.92 Å². The highest BCUT2D eigenvalue weighted by Crippen LogP contribution is 2.44. The van der Waals surface area contributed by atoms with Crippen LogP contribution in [0.2, 0.25) is 0 Å². The molecule has 3 N–H and O–H groups in total. The van der Waals surface area contributed by atoms with Gasteiger partial charge in [0.2, 0.25) is 5.91 Å². The number of carbonyl (C=O) groups excluding carboxylic acids is 2. The molecule has 2 unspecified atom stereocenters. The van der Waals surface area contributed by atoms with Crippen LogP contribution in [0.4, 0.5) is 4.79 Å². The van der Waals surface area contributed by atoms with Crippen molar-refractivity contribution in [3.63, 3.8) is 0 Å². The lowest BCUT2D eigenvalue weighted by Crippen LogP contribution is -2.49. The molecule has 1 aliphatic rings. The molecular formula is C27H34N2O5. The number of ether oxygens (including phenoxy) is 1. The summed E-state index contributed by atoms with van der Waals surface area (Å²) >= 11 is 0. The second-order valence-electron chi connectivity index (χ2n) is 8.90. The Kier molecular flexibility index (Phi) is 8.68. The average Bonchev–Trinajstić information content (AvgIpc) is 3.16. The van der Waals surface area contributed by atoms with E-state index in [2.05, 4.69) is 34.9 Å². The summed E-state index contributed by atoms with van der Waals surface area (Å²) in [5.41, 5.74) is 4.57. The Morgan fingerprint density at radius 1 is 1.00 bits per heavy atom. The third-order valence-electron chi connectivity index (χ3n) is 6.62. The summed E-state index contributed by atoms with van der Waals surface area (Å²) in [5, 5.41) is 14.8. The van der Waals surface area contributed by atoms with Crippen LogP contribution in [-0.2, 0) is 14.3 Å². The third kappa shape index (κ3) is 5.76. The van der Waals surface area contributed by atoms with Crippen LogP contribution in [0.3, 0.4) is 0 Å². The smallest absolute Gasteiger partial charge is 0.407 e. The zero-order valence-corrected chi connectivity index (χ0v) is 20.0. The minimum atomic E-state index is -1.05. The maximum absolute atomic E-state index is 12.8. The standard InChI is InChI=1S/C27H34N2O5/c1-4-10-18(25(30)29-24(26(31)32)17(3)5-2)15-28-27(33)34-16-23-21-13-8-6-11-19(21)20-12-7-9-14-22(20)23/h6-9,11-14,17-18,23-24H,4-5,10,15-16H2,1-3H3,(H,28,33)(H,29,30)(H,31,32)/t17?,18?,24-/m0/s1. The van der Waals surface area contributed by atoms with Crippen LogP contribution in [0.25, 0.3) is 11.1 Å². The van der Waals surface area contributed by atoms with E-state index in [9.17, 15) is 19.5 Å². The van der Waals surface area contributed by atoms with E-state index < -0.39 is 24.0 Å². The summed E-state index contributed by atoms with van der Waals surface area (Å²) in [7, 11) is 0. The molecule has 0 radical (unpaired) electrons. The van der Waals surface area contributed by atoms with Crippen LogP contribution in [0.5, 0.6) is 0 Å². The first-order valence-corrected chi connectivity index (χ1v) is 12.0. The molecule has 0 heterocycles. The molecule has 2 aromatic carbocycles. The summed E-state index contributed by atoms with van der Waals surface area (Å²) in [6, 6.07) is 15.3. The number of aliphatic carboxylic acids is 1. The van der Waals surface area contributed by atoms with Gasteiger partial charge in [0.25, 0.3) is 0 Å². The number of rotatable bonds is 11. The Hall–Kier alpha value is -3.35. The van der Waals surface area contributed by atoms with Crippen LogP contribution in [-0.4, -0.2) is 42.3 Å². The molecule has 34 heavy (non-hydrogen) atoms. The molecule has 7 heteroatoms. The Bertz CT molecular complexity index is 976. The summed E-state index contributed by atoms with van der Waals surface area (Å²) in [5.74, 6) is -2.19. The van der Waals surface area contributed by atoms with Gasteiger partial charge in [-0.25, -0.2) is 9.59 Å². The second-order valence-corrected chi connectivity index (χ2v) is 8.90. The van der Waals surface area contributed by atoms with Gasteiger partial charge in [0, 0.05) is 12.5 Å². The largest absolute Gasteiger partial charge is 0.480 e. The lowest BCUT2D eigenvalue weighted by molar-refractivity contribution is -0.144. The van der Waals surface area contributed by atoms with E-state index in [4.69, 9.17) is 4.74 Å². The Labute approximate surface area is 200 Å². The fourth-order valence-corrected chi connectivity index (χ4v) is 4.48. The highest BCUT2D eigenvalue weighted by atomic mass is 16.5. The average molecular weight is 467 g/mol. The first kappa shape index (κ1) is 25.3. The highest BCUT2D eigenvalue weighted by Gasteiger charge is 2.30. The molecule has 0 bridgehead atoms. The van der Waals surface area contributed by atoms with Gasteiger partial charge in [0.15, 0.2) is 0 Å². The maximum atomic E-state index is 12.8. The van der Waals surface area contributed by atoms with Crippen molar-refractivity contribution in [2.45, 2.75) is 52.0 Å². The molecule has 0 saturated heterocycles. The van der Waals surface area contributed by atoms with Crippen molar-refractivity contribution in [1.82, 2.24) is 10.6 Å². The lowest BCUT2D eigenvalue weighted by atomic mass is 9.97.